The second-order valence-electron chi connectivity index (χ2n) is 6.25. The molecule has 29 heavy (non-hydrogen) atoms. The van der Waals surface area contributed by atoms with Crippen molar-refractivity contribution in [1.82, 2.24) is 10.2 Å². The number of carbonyl (C=O) groups is 3. The number of carbonyl (C=O) groups excluding carboxylic acids is 3. The lowest BCUT2D eigenvalue weighted by molar-refractivity contribution is 0.0653. The molecule has 8 nitrogen and oxygen atoms in total. The molecule has 2 N–H and O–H groups in total. The van der Waals surface area contributed by atoms with Crippen molar-refractivity contribution in [1.29, 1.82) is 0 Å². The molecule has 1 aliphatic rings. The first-order valence-corrected chi connectivity index (χ1v) is 9.66. The van der Waals surface area contributed by atoms with E-state index in [1.807, 2.05) is 0 Å². The Bertz CT molecular complexity index is 963. The Morgan fingerprint density at radius 1 is 1.03 bits per heavy atom. The SMILES string of the molecule is COc1ccc(NC(=O)NCCCN2C(=O)c3ccc(Br)cc3C2=O)c(OC)c1. The van der Waals surface area contributed by atoms with Crippen LogP contribution in [0.25, 0.3) is 0 Å². The summed E-state index contributed by atoms with van der Waals surface area (Å²) in [5, 5.41) is 5.40. The van der Waals surface area contributed by atoms with E-state index in [2.05, 4.69) is 26.6 Å². The number of benzene rings is 2. The zero-order valence-corrected chi connectivity index (χ0v) is 17.5. The highest BCUT2D eigenvalue weighted by Gasteiger charge is 2.34. The molecule has 0 spiro atoms. The normalized spacial score (nSPS) is 12.6. The quantitative estimate of drug-likeness (QED) is 0.487. The van der Waals surface area contributed by atoms with Crippen molar-refractivity contribution in [2.24, 2.45) is 0 Å². The molecule has 0 saturated carbocycles. The molecule has 0 aliphatic carbocycles. The second-order valence-corrected chi connectivity index (χ2v) is 7.17. The van der Waals surface area contributed by atoms with E-state index in [0.717, 1.165) is 4.47 Å². The van der Waals surface area contributed by atoms with Gasteiger partial charge in [-0.25, -0.2) is 4.79 Å². The van der Waals surface area contributed by atoms with Crippen LogP contribution in [0.1, 0.15) is 27.1 Å². The molecule has 0 unspecified atom stereocenters. The van der Waals surface area contributed by atoms with Gasteiger partial charge in [0.05, 0.1) is 31.0 Å². The standard InChI is InChI=1S/C20H20BrN3O5/c1-28-13-5-7-16(17(11-13)29-2)23-20(27)22-8-3-9-24-18(25)14-6-4-12(21)10-15(14)19(24)26/h4-7,10-11H,3,8-9H2,1-2H3,(H2,22,23,27). The van der Waals surface area contributed by atoms with Gasteiger partial charge in [-0.05, 0) is 36.8 Å². The van der Waals surface area contributed by atoms with Crippen molar-refractivity contribution >= 4 is 39.5 Å². The predicted molar refractivity (Wildman–Crippen MR) is 111 cm³/mol. The van der Waals surface area contributed by atoms with Crippen molar-refractivity contribution in [3.63, 3.8) is 0 Å². The van der Waals surface area contributed by atoms with E-state index < -0.39 is 6.03 Å². The minimum absolute atomic E-state index is 0.218. The number of imide groups is 1. The molecule has 1 aliphatic heterocycles. The summed E-state index contributed by atoms with van der Waals surface area (Å²) in [5.41, 5.74) is 1.29. The highest BCUT2D eigenvalue weighted by molar-refractivity contribution is 9.10. The molecular weight excluding hydrogens is 442 g/mol. The molecular formula is C20H20BrN3O5. The van der Waals surface area contributed by atoms with Crippen molar-refractivity contribution in [3.05, 3.63) is 52.0 Å². The van der Waals surface area contributed by atoms with E-state index >= 15 is 0 Å². The maximum atomic E-state index is 12.4. The first kappa shape index (κ1) is 20.7. The van der Waals surface area contributed by atoms with Gasteiger partial charge in [-0.2, -0.15) is 0 Å². The number of ether oxygens (including phenoxy) is 2. The van der Waals surface area contributed by atoms with Gasteiger partial charge in [0.15, 0.2) is 0 Å². The van der Waals surface area contributed by atoms with Crippen LogP contribution in [0.4, 0.5) is 10.5 Å². The van der Waals surface area contributed by atoms with E-state index in [-0.39, 0.29) is 18.4 Å². The zero-order chi connectivity index (χ0) is 21.0. The van der Waals surface area contributed by atoms with E-state index in [1.54, 1.807) is 43.5 Å². The first-order chi connectivity index (χ1) is 13.9. The lowest BCUT2D eigenvalue weighted by Gasteiger charge is -2.15. The maximum Gasteiger partial charge on any atom is 0.319 e. The summed E-state index contributed by atoms with van der Waals surface area (Å²) in [5.74, 6) is 0.445. The second kappa shape index (κ2) is 8.95. The van der Waals surface area contributed by atoms with Crippen molar-refractivity contribution < 1.29 is 23.9 Å². The summed E-state index contributed by atoms with van der Waals surface area (Å²) in [4.78, 5) is 38.1. The number of fused-ring (bicyclic) bond motifs is 1. The number of hydrogen-bond acceptors (Lipinski definition) is 5. The molecule has 0 aromatic heterocycles. The summed E-state index contributed by atoms with van der Waals surface area (Å²) in [6, 6.07) is 9.63. The van der Waals surface area contributed by atoms with Crippen LogP contribution in [0.2, 0.25) is 0 Å². The minimum atomic E-state index is -0.417. The van der Waals surface area contributed by atoms with Gasteiger partial charge in [-0.1, -0.05) is 15.9 Å². The number of urea groups is 1. The van der Waals surface area contributed by atoms with Crippen LogP contribution in [0.3, 0.4) is 0 Å². The van der Waals surface area contributed by atoms with Crippen LogP contribution in [-0.2, 0) is 0 Å². The number of rotatable bonds is 7. The molecule has 2 aromatic carbocycles. The maximum absolute atomic E-state index is 12.4. The third kappa shape index (κ3) is 4.51. The van der Waals surface area contributed by atoms with Gasteiger partial charge in [-0.15, -0.1) is 0 Å². The molecule has 3 rings (SSSR count). The van der Waals surface area contributed by atoms with E-state index in [4.69, 9.17) is 9.47 Å². The van der Waals surface area contributed by atoms with Crippen LogP contribution in [-0.4, -0.2) is 50.1 Å². The van der Waals surface area contributed by atoms with Gasteiger partial charge in [-0.3, -0.25) is 14.5 Å². The summed E-state index contributed by atoms with van der Waals surface area (Å²) < 4.78 is 11.1. The fourth-order valence-electron chi connectivity index (χ4n) is 2.97. The smallest absolute Gasteiger partial charge is 0.319 e. The zero-order valence-electron chi connectivity index (χ0n) is 16.0. The number of anilines is 1. The predicted octanol–water partition coefficient (Wildman–Crippen LogP) is 3.27. The van der Waals surface area contributed by atoms with Crippen LogP contribution < -0.4 is 20.1 Å². The fraction of sp³-hybridized carbons (Fsp3) is 0.250. The minimum Gasteiger partial charge on any atom is -0.497 e. The van der Waals surface area contributed by atoms with E-state index in [9.17, 15) is 14.4 Å². The van der Waals surface area contributed by atoms with Crippen LogP contribution >= 0.6 is 15.9 Å². The van der Waals surface area contributed by atoms with Crippen LogP contribution in [0, 0.1) is 0 Å². The van der Waals surface area contributed by atoms with Gasteiger partial charge in [0.1, 0.15) is 11.5 Å². The number of amides is 4. The average Bonchev–Trinajstić information content (AvgIpc) is 2.95. The molecule has 152 valence electrons. The van der Waals surface area contributed by atoms with Crippen molar-refractivity contribution in [3.8, 4) is 11.5 Å². The number of nitrogens with one attached hydrogen (secondary N) is 2. The molecule has 0 radical (unpaired) electrons. The Labute approximate surface area is 176 Å². The van der Waals surface area contributed by atoms with E-state index in [1.165, 1.54) is 12.0 Å². The summed E-state index contributed by atoms with van der Waals surface area (Å²) >= 11 is 3.31. The number of nitrogens with zero attached hydrogens (tertiary/aromatic N) is 1. The first-order valence-electron chi connectivity index (χ1n) is 8.87. The molecule has 4 amide bonds. The third-order valence-electron chi connectivity index (χ3n) is 4.43. The molecule has 1 heterocycles. The Hall–Kier alpha value is -3.07. The fourth-order valence-corrected chi connectivity index (χ4v) is 3.33. The van der Waals surface area contributed by atoms with Crippen molar-refractivity contribution in [2.45, 2.75) is 6.42 Å². The molecule has 2 aromatic rings. The molecule has 0 fully saturated rings. The Balaban J connectivity index is 1.49. The summed E-state index contributed by atoms with van der Waals surface area (Å²) in [7, 11) is 3.04. The van der Waals surface area contributed by atoms with Crippen LogP contribution in [0.5, 0.6) is 11.5 Å². The summed E-state index contributed by atoms with van der Waals surface area (Å²) in [6.07, 6.45) is 0.430. The van der Waals surface area contributed by atoms with Gasteiger partial charge < -0.3 is 20.1 Å². The topological polar surface area (TPSA) is 97.0 Å². The molecule has 0 atom stereocenters. The largest absolute Gasteiger partial charge is 0.497 e. The van der Waals surface area contributed by atoms with Gasteiger partial charge in [0.2, 0.25) is 0 Å². The number of halogens is 1. The van der Waals surface area contributed by atoms with Crippen molar-refractivity contribution in [2.75, 3.05) is 32.6 Å². The lowest BCUT2D eigenvalue weighted by Crippen LogP contribution is -2.35. The Morgan fingerprint density at radius 2 is 1.79 bits per heavy atom. The highest BCUT2D eigenvalue weighted by Crippen LogP contribution is 2.29. The summed E-state index contributed by atoms with van der Waals surface area (Å²) in [6.45, 7) is 0.511. The Morgan fingerprint density at radius 3 is 2.52 bits per heavy atom. The Kier molecular flexibility index (Phi) is 6.38. The van der Waals surface area contributed by atoms with Crippen LogP contribution in [0.15, 0.2) is 40.9 Å². The van der Waals surface area contributed by atoms with Gasteiger partial charge in [0.25, 0.3) is 11.8 Å². The molecule has 0 saturated heterocycles. The monoisotopic (exact) mass is 461 g/mol. The number of methoxy groups -OCH3 is 2. The third-order valence-corrected chi connectivity index (χ3v) is 4.93. The molecule has 0 bridgehead atoms. The molecule has 9 heteroatoms. The number of hydrogen-bond donors (Lipinski definition) is 2. The average molecular weight is 462 g/mol. The van der Waals surface area contributed by atoms with Gasteiger partial charge >= 0.3 is 6.03 Å². The lowest BCUT2D eigenvalue weighted by atomic mass is 10.1. The van der Waals surface area contributed by atoms with E-state index in [0.29, 0.717) is 41.3 Å². The van der Waals surface area contributed by atoms with Gasteiger partial charge in [0, 0.05) is 23.6 Å². The highest BCUT2D eigenvalue weighted by atomic mass is 79.9.